The molecule has 0 spiro atoms. The van der Waals surface area contributed by atoms with Gasteiger partial charge in [-0.1, -0.05) is 56.7 Å². The molecule has 0 aliphatic carbocycles. The van der Waals surface area contributed by atoms with Gasteiger partial charge in [-0.05, 0) is 63.1 Å². The van der Waals surface area contributed by atoms with Gasteiger partial charge in [0.1, 0.15) is 11.6 Å². The van der Waals surface area contributed by atoms with Crippen molar-refractivity contribution in [3.63, 3.8) is 0 Å². The van der Waals surface area contributed by atoms with E-state index in [1.165, 1.54) is 0 Å². The van der Waals surface area contributed by atoms with E-state index < -0.39 is 10.1 Å². The molecule has 3 N–H and O–H groups in total. The van der Waals surface area contributed by atoms with Gasteiger partial charge in [0.15, 0.2) is 0 Å². The monoisotopic (exact) mass is 675 g/mol. The summed E-state index contributed by atoms with van der Waals surface area (Å²) >= 11 is 0. The lowest BCUT2D eigenvalue weighted by Crippen LogP contribution is -2.49. The number of pyridine rings is 1. The van der Waals surface area contributed by atoms with Crippen LogP contribution in [0, 0.1) is 27.7 Å². The summed E-state index contributed by atoms with van der Waals surface area (Å²) in [4.78, 5) is 35.3. The number of aromatic nitrogens is 3. The van der Waals surface area contributed by atoms with Gasteiger partial charge in [-0.15, -0.1) is 0 Å². The smallest absolute Gasteiger partial charge is 0.324 e. The van der Waals surface area contributed by atoms with Crippen LogP contribution in [0.3, 0.4) is 0 Å². The molecule has 0 bridgehead atoms. The minimum absolute atomic E-state index is 0.0864. The summed E-state index contributed by atoms with van der Waals surface area (Å²) in [5, 5.41) is 10.7. The molecule has 0 atom stereocenters. The molecule has 2 aromatic carbocycles. The van der Waals surface area contributed by atoms with Crippen LogP contribution in [0.25, 0.3) is 5.69 Å². The van der Waals surface area contributed by atoms with Gasteiger partial charge >= 0.3 is 6.03 Å². The van der Waals surface area contributed by atoms with E-state index in [4.69, 9.17) is 14.6 Å². The van der Waals surface area contributed by atoms with E-state index in [2.05, 4.69) is 36.3 Å². The van der Waals surface area contributed by atoms with Crippen LogP contribution in [-0.4, -0.2) is 77.0 Å². The zero-order valence-electron chi connectivity index (χ0n) is 28.8. The minimum Gasteiger partial charge on any atom is -0.353 e. The van der Waals surface area contributed by atoms with E-state index >= 15 is 0 Å². The highest BCUT2D eigenvalue weighted by Gasteiger charge is 2.25. The molecule has 4 aromatic rings. The SMILES string of the molecule is CS(=O)(=O)O.Cc1ccc(-n2nc(C(C)(C)C)cc2NC(=O)Nc2ccc(N3CCN(C(=O)c4c(C)cccc4C)CC3)nc2C)cc1. The number of aryl methyl sites for hydroxylation is 4. The number of nitrogens with one attached hydrogen (secondary N) is 2. The molecule has 1 fully saturated rings. The van der Waals surface area contributed by atoms with Crippen molar-refractivity contribution >= 4 is 39.4 Å². The molecule has 0 saturated carbocycles. The van der Waals surface area contributed by atoms with Gasteiger partial charge in [0.2, 0.25) is 0 Å². The fraction of sp³-hybridized carbons (Fsp3) is 0.371. The topological polar surface area (TPSA) is 150 Å². The van der Waals surface area contributed by atoms with Crippen molar-refractivity contribution in [2.24, 2.45) is 0 Å². The van der Waals surface area contributed by atoms with E-state index in [0.29, 0.717) is 49.6 Å². The molecule has 13 heteroatoms. The minimum atomic E-state index is -3.67. The first kappa shape index (κ1) is 36.1. The predicted octanol–water partition coefficient (Wildman–Crippen LogP) is 5.91. The maximum absolute atomic E-state index is 13.2. The van der Waals surface area contributed by atoms with Gasteiger partial charge in [0.05, 0.1) is 29.0 Å². The van der Waals surface area contributed by atoms with Crippen molar-refractivity contribution < 1.29 is 22.6 Å². The number of carbonyl (C=O) groups excluding carboxylic acids is 2. The fourth-order valence-corrected chi connectivity index (χ4v) is 5.29. The van der Waals surface area contributed by atoms with Crippen molar-refractivity contribution in [2.45, 2.75) is 53.9 Å². The number of amides is 3. The Morgan fingerprint density at radius 3 is 1.98 bits per heavy atom. The molecular formula is C35H45N7O5S. The van der Waals surface area contributed by atoms with Gasteiger partial charge in [0.25, 0.3) is 16.0 Å². The lowest BCUT2D eigenvalue weighted by atomic mass is 9.92. The van der Waals surface area contributed by atoms with E-state index in [0.717, 1.165) is 39.5 Å². The third-order valence-corrected chi connectivity index (χ3v) is 7.90. The highest BCUT2D eigenvalue weighted by molar-refractivity contribution is 7.85. The second-order valence-electron chi connectivity index (χ2n) is 13.1. The first-order valence-corrected chi connectivity index (χ1v) is 17.5. The number of carbonyl (C=O) groups is 2. The van der Waals surface area contributed by atoms with Crippen LogP contribution in [0.2, 0.25) is 0 Å². The van der Waals surface area contributed by atoms with E-state index in [1.807, 2.05) is 93.3 Å². The molecule has 2 aromatic heterocycles. The normalized spacial score (nSPS) is 13.4. The van der Waals surface area contributed by atoms with Crippen LogP contribution >= 0.6 is 0 Å². The number of hydrogen-bond donors (Lipinski definition) is 3. The van der Waals surface area contributed by atoms with E-state index in [-0.39, 0.29) is 17.4 Å². The Kier molecular flexibility index (Phi) is 11.0. The molecular weight excluding hydrogens is 630 g/mol. The number of piperazine rings is 1. The Morgan fingerprint density at radius 1 is 0.854 bits per heavy atom. The zero-order valence-corrected chi connectivity index (χ0v) is 29.6. The van der Waals surface area contributed by atoms with Crippen LogP contribution in [0.15, 0.2) is 60.7 Å². The van der Waals surface area contributed by atoms with Gasteiger partial charge < -0.3 is 15.1 Å². The lowest BCUT2D eigenvalue weighted by Gasteiger charge is -2.36. The molecule has 1 saturated heterocycles. The van der Waals surface area contributed by atoms with Crippen molar-refractivity contribution in [1.29, 1.82) is 0 Å². The van der Waals surface area contributed by atoms with Crippen LogP contribution < -0.4 is 15.5 Å². The number of rotatable bonds is 5. The van der Waals surface area contributed by atoms with Crippen LogP contribution in [-0.2, 0) is 15.5 Å². The maximum Gasteiger partial charge on any atom is 0.324 e. The van der Waals surface area contributed by atoms with Crippen molar-refractivity contribution in [3.05, 3.63) is 94.3 Å². The Hall–Kier alpha value is -4.75. The summed E-state index contributed by atoms with van der Waals surface area (Å²) in [6, 6.07) is 19.3. The average Bonchev–Trinajstić information content (AvgIpc) is 3.42. The molecule has 48 heavy (non-hydrogen) atoms. The van der Waals surface area contributed by atoms with Gasteiger partial charge in [-0.2, -0.15) is 13.5 Å². The van der Waals surface area contributed by atoms with Gasteiger partial charge in [0, 0.05) is 43.2 Å². The quantitative estimate of drug-likeness (QED) is 0.221. The molecule has 0 unspecified atom stereocenters. The van der Waals surface area contributed by atoms with Crippen molar-refractivity contribution in [2.75, 3.05) is 48.0 Å². The highest BCUT2D eigenvalue weighted by atomic mass is 32.2. The van der Waals surface area contributed by atoms with Crippen LogP contribution in [0.1, 0.15) is 59.2 Å². The number of hydrogen-bond acceptors (Lipinski definition) is 7. The molecule has 1 aliphatic rings. The van der Waals surface area contributed by atoms with Crippen molar-refractivity contribution in [1.82, 2.24) is 19.7 Å². The molecule has 256 valence electrons. The fourth-order valence-electron chi connectivity index (χ4n) is 5.29. The first-order valence-electron chi connectivity index (χ1n) is 15.7. The Labute approximate surface area is 282 Å². The highest BCUT2D eigenvalue weighted by Crippen LogP contribution is 2.27. The number of nitrogens with zero attached hydrogens (tertiary/aromatic N) is 5. The van der Waals surface area contributed by atoms with E-state index in [1.54, 1.807) is 4.68 Å². The predicted molar refractivity (Wildman–Crippen MR) is 190 cm³/mol. The Bertz CT molecular complexity index is 1860. The summed E-state index contributed by atoms with van der Waals surface area (Å²) in [5.74, 6) is 1.50. The van der Waals surface area contributed by atoms with E-state index in [9.17, 15) is 18.0 Å². The van der Waals surface area contributed by atoms with Crippen LogP contribution in [0.4, 0.5) is 22.1 Å². The molecule has 3 heterocycles. The molecule has 1 aliphatic heterocycles. The Morgan fingerprint density at radius 2 is 1.44 bits per heavy atom. The lowest BCUT2D eigenvalue weighted by molar-refractivity contribution is 0.0745. The number of anilines is 3. The second kappa shape index (κ2) is 14.6. The first-order chi connectivity index (χ1) is 22.4. The summed E-state index contributed by atoms with van der Waals surface area (Å²) in [7, 11) is -3.67. The largest absolute Gasteiger partial charge is 0.353 e. The standard InChI is InChI=1S/C34H41N7O2.CH4O3S/c1-22-11-13-26(14-12-22)41-30(21-28(38-41)34(5,6)7)37-33(43)36-27-15-16-29(35-25(27)4)39-17-19-40(20-18-39)32(42)31-23(2)9-8-10-24(31)3;1-5(2,3)4/h8-16,21H,17-20H2,1-7H3,(H2,36,37,43);1H3,(H,2,3,4). The molecule has 5 rings (SSSR count). The van der Waals surface area contributed by atoms with Gasteiger partial charge in [-0.3, -0.25) is 14.7 Å². The number of urea groups is 1. The van der Waals surface area contributed by atoms with Crippen LogP contribution in [0.5, 0.6) is 0 Å². The summed E-state index contributed by atoms with van der Waals surface area (Å²) in [6.07, 6.45) is 0.715. The zero-order chi connectivity index (χ0) is 35.4. The Balaban J connectivity index is 0.000000968. The third kappa shape index (κ3) is 9.41. The summed E-state index contributed by atoms with van der Waals surface area (Å²) in [5.41, 5.74) is 6.87. The third-order valence-electron chi connectivity index (χ3n) is 7.90. The molecule has 3 amide bonds. The average molecular weight is 676 g/mol. The molecule has 12 nitrogen and oxygen atoms in total. The van der Waals surface area contributed by atoms with Gasteiger partial charge in [-0.25, -0.2) is 14.5 Å². The molecule has 0 radical (unpaired) electrons. The second-order valence-corrected chi connectivity index (χ2v) is 14.5. The van der Waals surface area contributed by atoms with Crippen molar-refractivity contribution in [3.8, 4) is 5.69 Å². The number of benzene rings is 2. The summed E-state index contributed by atoms with van der Waals surface area (Å²) in [6.45, 7) is 16.8. The summed E-state index contributed by atoms with van der Waals surface area (Å²) < 4.78 is 27.6. The maximum atomic E-state index is 13.2.